The summed E-state index contributed by atoms with van der Waals surface area (Å²) < 4.78 is 27.3. The Morgan fingerprint density at radius 3 is 2.50 bits per heavy atom. The summed E-state index contributed by atoms with van der Waals surface area (Å²) in [4.78, 5) is 12.0. The molecule has 0 saturated heterocycles. The van der Waals surface area contributed by atoms with Crippen LogP contribution in [0.15, 0.2) is 30.3 Å². The minimum absolute atomic E-state index is 0.0455. The van der Waals surface area contributed by atoms with Gasteiger partial charge in [-0.1, -0.05) is 12.1 Å². The van der Waals surface area contributed by atoms with Gasteiger partial charge in [-0.3, -0.25) is 4.79 Å². The molecule has 3 nitrogen and oxygen atoms in total. The number of amides is 1. The molecule has 0 bridgehead atoms. The van der Waals surface area contributed by atoms with E-state index in [9.17, 15) is 18.7 Å². The standard InChI is InChI=1S/C15H13F2NO2/c1-8-3-5-10(12(19)7-8)15(20)18-14-11(16)6-4-9(2)13(14)17/h3-7,19H,1-2H3,(H,18,20). The number of phenolic OH excluding ortho intramolecular Hbond substituents is 1. The van der Waals surface area contributed by atoms with E-state index in [0.717, 1.165) is 11.6 Å². The Morgan fingerprint density at radius 1 is 1.15 bits per heavy atom. The van der Waals surface area contributed by atoms with E-state index in [1.54, 1.807) is 13.0 Å². The molecular formula is C15H13F2NO2. The number of rotatable bonds is 2. The number of carbonyl (C=O) groups is 1. The summed E-state index contributed by atoms with van der Waals surface area (Å²) in [5, 5.41) is 11.8. The molecule has 0 radical (unpaired) electrons. The van der Waals surface area contributed by atoms with Crippen LogP contribution in [0.3, 0.4) is 0 Å². The van der Waals surface area contributed by atoms with E-state index in [-0.39, 0.29) is 16.9 Å². The molecule has 0 saturated carbocycles. The van der Waals surface area contributed by atoms with E-state index in [2.05, 4.69) is 5.32 Å². The zero-order valence-electron chi connectivity index (χ0n) is 11.0. The van der Waals surface area contributed by atoms with Crippen LogP contribution in [0.25, 0.3) is 0 Å². The summed E-state index contributed by atoms with van der Waals surface area (Å²) in [7, 11) is 0. The second-order valence-corrected chi connectivity index (χ2v) is 4.53. The normalized spacial score (nSPS) is 10.4. The summed E-state index contributed by atoms with van der Waals surface area (Å²) in [6.45, 7) is 3.22. The maximum absolute atomic E-state index is 13.8. The highest BCUT2D eigenvalue weighted by Crippen LogP contribution is 2.24. The van der Waals surface area contributed by atoms with Gasteiger partial charge in [0.2, 0.25) is 0 Å². The summed E-state index contributed by atoms with van der Waals surface area (Å²) in [5.74, 6) is -2.71. The summed E-state index contributed by atoms with van der Waals surface area (Å²) in [6, 6.07) is 6.77. The molecule has 0 aliphatic heterocycles. The second-order valence-electron chi connectivity index (χ2n) is 4.53. The number of carbonyl (C=O) groups excluding carboxylic acids is 1. The van der Waals surface area contributed by atoms with Crippen LogP contribution in [-0.4, -0.2) is 11.0 Å². The Bertz CT molecular complexity index is 684. The molecule has 0 aromatic heterocycles. The Labute approximate surface area is 114 Å². The van der Waals surface area contributed by atoms with Gasteiger partial charge < -0.3 is 10.4 Å². The Hall–Kier alpha value is -2.43. The van der Waals surface area contributed by atoms with Gasteiger partial charge in [0.1, 0.15) is 17.3 Å². The number of halogens is 2. The molecule has 0 spiro atoms. The summed E-state index contributed by atoms with van der Waals surface area (Å²) in [5.41, 5.74) is 0.424. The number of hydrogen-bond donors (Lipinski definition) is 2. The minimum atomic E-state index is -0.868. The zero-order chi connectivity index (χ0) is 14.9. The third kappa shape index (κ3) is 2.61. The molecule has 0 aliphatic rings. The van der Waals surface area contributed by atoms with Gasteiger partial charge >= 0.3 is 0 Å². The van der Waals surface area contributed by atoms with Crippen molar-refractivity contribution in [1.29, 1.82) is 0 Å². The Balaban J connectivity index is 2.35. The van der Waals surface area contributed by atoms with Crippen molar-refractivity contribution in [3.8, 4) is 5.75 Å². The molecule has 2 aromatic rings. The molecule has 0 heterocycles. The first-order valence-corrected chi connectivity index (χ1v) is 5.95. The Morgan fingerprint density at radius 2 is 1.85 bits per heavy atom. The zero-order valence-corrected chi connectivity index (χ0v) is 11.0. The molecule has 5 heteroatoms. The van der Waals surface area contributed by atoms with E-state index >= 15 is 0 Å². The van der Waals surface area contributed by atoms with Crippen LogP contribution < -0.4 is 5.32 Å². The monoisotopic (exact) mass is 277 g/mol. The lowest BCUT2D eigenvalue weighted by Crippen LogP contribution is -2.15. The van der Waals surface area contributed by atoms with Crippen molar-refractivity contribution in [2.75, 3.05) is 5.32 Å². The number of anilines is 1. The fraction of sp³-hybridized carbons (Fsp3) is 0.133. The van der Waals surface area contributed by atoms with Crippen LogP contribution >= 0.6 is 0 Å². The quantitative estimate of drug-likeness (QED) is 0.882. The first kappa shape index (κ1) is 14.0. The lowest BCUT2D eigenvalue weighted by molar-refractivity contribution is 0.102. The van der Waals surface area contributed by atoms with Gasteiger partial charge in [-0.05, 0) is 43.2 Å². The first-order chi connectivity index (χ1) is 9.40. The van der Waals surface area contributed by atoms with Crippen molar-refractivity contribution in [1.82, 2.24) is 0 Å². The average molecular weight is 277 g/mol. The van der Waals surface area contributed by atoms with Crippen molar-refractivity contribution in [3.05, 3.63) is 58.7 Å². The SMILES string of the molecule is Cc1ccc(C(=O)Nc2c(F)ccc(C)c2F)c(O)c1. The number of phenols is 1. The molecular weight excluding hydrogens is 264 g/mol. The van der Waals surface area contributed by atoms with Crippen molar-refractivity contribution < 1.29 is 18.7 Å². The molecule has 0 aliphatic carbocycles. The van der Waals surface area contributed by atoms with E-state index in [4.69, 9.17) is 0 Å². The number of benzene rings is 2. The van der Waals surface area contributed by atoms with Gasteiger partial charge in [0.25, 0.3) is 5.91 Å². The fourth-order valence-electron chi connectivity index (χ4n) is 1.79. The Kier molecular flexibility index (Phi) is 3.70. The predicted octanol–water partition coefficient (Wildman–Crippen LogP) is 3.54. The van der Waals surface area contributed by atoms with E-state index in [1.807, 2.05) is 0 Å². The van der Waals surface area contributed by atoms with E-state index in [0.29, 0.717) is 0 Å². The highest BCUT2D eigenvalue weighted by atomic mass is 19.1. The number of aryl methyl sites for hydroxylation is 2. The highest BCUT2D eigenvalue weighted by Gasteiger charge is 2.17. The van der Waals surface area contributed by atoms with Crippen molar-refractivity contribution >= 4 is 11.6 Å². The van der Waals surface area contributed by atoms with Gasteiger partial charge in [0.15, 0.2) is 5.82 Å². The maximum atomic E-state index is 13.8. The van der Waals surface area contributed by atoms with E-state index < -0.39 is 23.2 Å². The molecule has 0 fully saturated rings. The third-order valence-corrected chi connectivity index (χ3v) is 2.92. The topological polar surface area (TPSA) is 49.3 Å². The van der Waals surface area contributed by atoms with Crippen LogP contribution in [0.4, 0.5) is 14.5 Å². The van der Waals surface area contributed by atoms with Crippen LogP contribution in [0.5, 0.6) is 5.75 Å². The van der Waals surface area contributed by atoms with Crippen LogP contribution in [0.2, 0.25) is 0 Å². The van der Waals surface area contributed by atoms with Gasteiger partial charge in [-0.25, -0.2) is 8.78 Å². The van der Waals surface area contributed by atoms with Gasteiger partial charge in [-0.2, -0.15) is 0 Å². The molecule has 20 heavy (non-hydrogen) atoms. The molecule has 0 unspecified atom stereocenters. The van der Waals surface area contributed by atoms with Crippen molar-refractivity contribution in [2.24, 2.45) is 0 Å². The largest absolute Gasteiger partial charge is 0.507 e. The molecule has 2 rings (SSSR count). The number of aromatic hydroxyl groups is 1. The van der Waals surface area contributed by atoms with Gasteiger partial charge in [-0.15, -0.1) is 0 Å². The number of nitrogens with one attached hydrogen (secondary N) is 1. The predicted molar refractivity (Wildman–Crippen MR) is 71.9 cm³/mol. The number of hydrogen-bond acceptors (Lipinski definition) is 2. The van der Waals surface area contributed by atoms with E-state index in [1.165, 1.54) is 25.1 Å². The van der Waals surface area contributed by atoms with Crippen molar-refractivity contribution in [2.45, 2.75) is 13.8 Å². The average Bonchev–Trinajstić information content (AvgIpc) is 2.39. The van der Waals surface area contributed by atoms with Crippen molar-refractivity contribution in [3.63, 3.8) is 0 Å². The molecule has 0 atom stereocenters. The second kappa shape index (κ2) is 5.28. The lowest BCUT2D eigenvalue weighted by atomic mass is 10.1. The molecule has 2 aromatic carbocycles. The van der Waals surface area contributed by atoms with Crippen LogP contribution in [0, 0.1) is 25.5 Å². The summed E-state index contributed by atoms with van der Waals surface area (Å²) >= 11 is 0. The lowest BCUT2D eigenvalue weighted by Gasteiger charge is -2.10. The van der Waals surface area contributed by atoms with Crippen LogP contribution in [0.1, 0.15) is 21.5 Å². The van der Waals surface area contributed by atoms with Gasteiger partial charge in [0, 0.05) is 0 Å². The highest BCUT2D eigenvalue weighted by molar-refractivity contribution is 6.06. The molecule has 1 amide bonds. The first-order valence-electron chi connectivity index (χ1n) is 5.95. The smallest absolute Gasteiger partial charge is 0.259 e. The van der Waals surface area contributed by atoms with Gasteiger partial charge in [0.05, 0.1) is 5.56 Å². The minimum Gasteiger partial charge on any atom is -0.507 e. The molecule has 2 N–H and O–H groups in total. The maximum Gasteiger partial charge on any atom is 0.259 e. The van der Waals surface area contributed by atoms with Crippen LogP contribution in [-0.2, 0) is 0 Å². The fourth-order valence-corrected chi connectivity index (χ4v) is 1.79. The molecule has 104 valence electrons. The third-order valence-electron chi connectivity index (χ3n) is 2.92. The summed E-state index contributed by atoms with van der Waals surface area (Å²) in [6.07, 6.45) is 0.